The summed E-state index contributed by atoms with van der Waals surface area (Å²) in [6.45, 7) is 7.61. The largest absolute Gasteiger partial charge is 0.492 e. The van der Waals surface area contributed by atoms with Crippen LogP contribution < -0.4 is 15.4 Å². The zero-order valence-electron chi connectivity index (χ0n) is 16.5. The Morgan fingerprint density at radius 3 is 2.56 bits per heavy atom. The number of methoxy groups -OCH3 is 1. The fourth-order valence-corrected chi connectivity index (χ4v) is 3.33. The van der Waals surface area contributed by atoms with E-state index in [4.69, 9.17) is 9.47 Å². The molecular weight excluding hydrogens is 404 g/mol. The summed E-state index contributed by atoms with van der Waals surface area (Å²) in [5, 5.41) is 6.84. The average molecular weight is 435 g/mol. The van der Waals surface area contributed by atoms with Crippen LogP contribution >= 0.6 is 15.9 Å². The number of rotatable bonds is 12. The average Bonchev–Trinajstić information content (AvgIpc) is 2.67. The molecule has 2 aromatic rings. The van der Waals surface area contributed by atoms with Crippen molar-refractivity contribution in [3.8, 4) is 5.75 Å². The Hall–Kier alpha value is -1.40. The van der Waals surface area contributed by atoms with Crippen molar-refractivity contribution in [2.75, 3.05) is 33.4 Å². The highest BCUT2D eigenvalue weighted by Gasteiger charge is 2.12. The Morgan fingerprint density at radius 1 is 1.11 bits per heavy atom. The summed E-state index contributed by atoms with van der Waals surface area (Å²) in [4.78, 5) is 0. The second-order valence-corrected chi connectivity index (χ2v) is 7.55. The van der Waals surface area contributed by atoms with Gasteiger partial charge in [-0.1, -0.05) is 47.1 Å². The van der Waals surface area contributed by atoms with E-state index < -0.39 is 0 Å². The number of benzene rings is 2. The highest BCUT2D eigenvalue weighted by atomic mass is 79.9. The van der Waals surface area contributed by atoms with Crippen molar-refractivity contribution in [1.29, 1.82) is 0 Å². The minimum atomic E-state index is 0.0393. The smallest absolute Gasteiger partial charge is 0.119 e. The molecule has 5 heteroatoms. The monoisotopic (exact) mass is 434 g/mol. The van der Waals surface area contributed by atoms with E-state index in [2.05, 4.69) is 64.7 Å². The molecule has 2 unspecified atom stereocenters. The highest BCUT2D eigenvalue weighted by molar-refractivity contribution is 9.10. The number of nitrogens with one attached hydrogen (secondary N) is 2. The van der Waals surface area contributed by atoms with Gasteiger partial charge in [-0.15, -0.1) is 0 Å². The summed E-state index contributed by atoms with van der Waals surface area (Å²) in [7, 11) is 1.76. The van der Waals surface area contributed by atoms with Crippen LogP contribution in [0.25, 0.3) is 0 Å². The Morgan fingerprint density at radius 2 is 1.89 bits per heavy atom. The van der Waals surface area contributed by atoms with Crippen molar-refractivity contribution in [3.63, 3.8) is 0 Å². The first-order valence-corrected chi connectivity index (χ1v) is 10.4. The molecule has 0 fully saturated rings. The lowest BCUT2D eigenvalue weighted by atomic mass is 10.1. The molecule has 0 amide bonds. The summed E-state index contributed by atoms with van der Waals surface area (Å²) in [6, 6.07) is 17.0. The molecule has 0 aliphatic rings. The molecule has 0 saturated heterocycles. The summed E-state index contributed by atoms with van der Waals surface area (Å²) in [5.74, 6) is 0.923. The second-order valence-electron chi connectivity index (χ2n) is 6.64. The first-order valence-electron chi connectivity index (χ1n) is 9.56. The third-order valence-electron chi connectivity index (χ3n) is 4.42. The number of hydrogen-bond donors (Lipinski definition) is 2. The van der Waals surface area contributed by atoms with Gasteiger partial charge in [0.1, 0.15) is 12.4 Å². The second kappa shape index (κ2) is 12.1. The topological polar surface area (TPSA) is 42.5 Å². The number of likely N-dealkylation sites (N-methyl/N-ethyl adjacent to an activating group) is 1. The maximum Gasteiger partial charge on any atom is 0.119 e. The molecule has 2 N–H and O–H groups in total. The summed E-state index contributed by atoms with van der Waals surface area (Å²) in [6.07, 6.45) is 1.00. The Labute approximate surface area is 171 Å². The summed E-state index contributed by atoms with van der Waals surface area (Å²) in [5.41, 5.74) is 2.47. The van der Waals surface area contributed by atoms with Crippen LogP contribution in [0, 0.1) is 0 Å². The van der Waals surface area contributed by atoms with Gasteiger partial charge in [-0.2, -0.15) is 0 Å². The number of hydrogen-bond acceptors (Lipinski definition) is 4. The molecule has 0 spiro atoms. The van der Waals surface area contributed by atoms with Gasteiger partial charge in [-0.3, -0.25) is 0 Å². The third kappa shape index (κ3) is 8.01. The van der Waals surface area contributed by atoms with E-state index in [9.17, 15) is 0 Å². The van der Waals surface area contributed by atoms with Gasteiger partial charge in [0.25, 0.3) is 0 Å². The fourth-order valence-electron chi connectivity index (χ4n) is 2.92. The SMILES string of the molecule is CCNCCOc1ccc(CC(C)NCC(OC)c2cccc(Br)c2)cc1. The van der Waals surface area contributed by atoms with Crippen LogP contribution in [0.2, 0.25) is 0 Å². The van der Waals surface area contributed by atoms with E-state index in [-0.39, 0.29) is 6.10 Å². The summed E-state index contributed by atoms with van der Waals surface area (Å²) < 4.78 is 12.5. The number of ether oxygens (including phenoxy) is 2. The Kier molecular flexibility index (Phi) is 9.84. The molecule has 0 aliphatic carbocycles. The van der Waals surface area contributed by atoms with Crippen LogP contribution in [0.4, 0.5) is 0 Å². The predicted octanol–water partition coefficient (Wildman–Crippen LogP) is 4.35. The van der Waals surface area contributed by atoms with Crippen LogP contribution in [-0.2, 0) is 11.2 Å². The van der Waals surface area contributed by atoms with Crippen molar-refractivity contribution in [1.82, 2.24) is 10.6 Å². The van der Waals surface area contributed by atoms with Crippen molar-refractivity contribution < 1.29 is 9.47 Å². The van der Waals surface area contributed by atoms with Gasteiger partial charge in [-0.05, 0) is 55.3 Å². The normalized spacial score (nSPS) is 13.3. The molecule has 2 atom stereocenters. The van der Waals surface area contributed by atoms with E-state index in [0.29, 0.717) is 12.6 Å². The van der Waals surface area contributed by atoms with Crippen LogP contribution in [0.1, 0.15) is 31.1 Å². The maximum absolute atomic E-state index is 5.72. The molecule has 4 nitrogen and oxygen atoms in total. The van der Waals surface area contributed by atoms with Crippen LogP contribution in [0.15, 0.2) is 53.0 Å². The van der Waals surface area contributed by atoms with Crippen LogP contribution in [-0.4, -0.2) is 39.4 Å². The minimum Gasteiger partial charge on any atom is -0.492 e. The lowest BCUT2D eigenvalue weighted by molar-refractivity contribution is 0.0998. The van der Waals surface area contributed by atoms with Gasteiger partial charge in [0.15, 0.2) is 0 Å². The molecule has 0 aliphatic heterocycles. The quantitative estimate of drug-likeness (QED) is 0.487. The van der Waals surface area contributed by atoms with Gasteiger partial charge in [-0.25, -0.2) is 0 Å². The maximum atomic E-state index is 5.72. The molecule has 0 radical (unpaired) electrons. The van der Waals surface area contributed by atoms with Crippen molar-refractivity contribution in [2.24, 2.45) is 0 Å². The molecule has 0 bridgehead atoms. The Balaban J connectivity index is 1.78. The van der Waals surface area contributed by atoms with Crippen molar-refractivity contribution >= 4 is 15.9 Å². The molecule has 0 heterocycles. The Bertz CT molecular complexity index is 664. The van der Waals surface area contributed by atoms with Crippen LogP contribution in [0.3, 0.4) is 0 Å². The molecular formula is C22H31BrN2O2. The van der Waals surface area contributed by atoms with E-state index >= 15 is 0 Å². The van der Waals surface area contributed by atoms with Crippen molar-refractivity contribution in [2.45, 2.75) is 32.4 Å². The fraction of sp³-hybridized carbons (Fsp3) is 0.455. The molecule has 27 heavy (non-hydrogen) atoms. The zero-order chi connectivity index (χ0) is 19.5. The molecule has 2 rings (SSSR count). The van der Waals surface area contributed by atoms with E-state index in [1.54, 1.807) is 7.11 Å². The van der Waals surface area contributed by atoms with Gasteiger partial charge in [0, 0.05) is 30.7 Å². The van der Waals surface area contributed by atoms with Gasteiger partial charge in [0.05, 0.1) is 6.10 Å². The molecule has 0 saturated carbocycles. The van der Waals surface area contributed by atoms with E-state index in [1.807, 2.05) is 24.3 Å². The summed E-state index contributed by atoms with van der Waals surface area (Å²) >= 11 is 3.52. The van der Waals surface area contributed by atoms with Gasteiger partial charge < -0.3 is 20.1 Å². The standard InChI is InChI=1S/C22H31BrN2O2/c1-4-24-12-13-27-21-10-8-18(9-11-21)14-17(2)25-16-22(26-3)19-6-5-7-20(23)15-19/h5-11,15,17,22,24-25H,4,12-14,16H2,1-3H3. The van der Waals surface area contributed by atoms with Gasteiger partial charge in [0.2, 0.25) is 0 Å². The van der Waals surface area contributed by atoms with E-state index in [1.165, 1.54) is 11.1 Å². The number of halogens is 1. The zero-order valence-corrected chi connectivity index (χ0v) is 18.1. The van der Waals surface area contributed by atoms with E-state index in [0.717, 1.165) is 36.3 Å². The molecule has 0 aromatic heterocycles. The minimum absolute atomic E-state index is 0.0393. The van der Waals surface area contributed by atoms with Crippen LogP contribution in [0.5, 0.6) is 5.75 Å². The predicted molar refractivity (Wildman–Crippen MR) is 116 cm³/mol. The molecule has 2 aromatic carbocycles. The third-order valence-corrected chi connectivity index (χ3v) is 4.91. The van der Waals surface area contributed by atoms with Crippen molar-refractivity contribution in [3.05, 3.63) is 64.1 Å². The molecule has 148 valence electrons. The lowest BCUT2D eigenvalue weighted by Gasteiger charge is -2.20. The first-order chi connectivity index (χ1) is 13.1. The highest BCUT2D eigenvalue weighted by Crippen LogP contribution is 2.20. The first kappa shape index (κ1) is 21.9. The van der Waals surface area contributed by atoms with Gasteiger partial charge >= 0.3 is 0 Å². The lowest BCUT2D eigenvalue weighted by Crippen LogP contribution is -2.32.